The van der Waals surface area contributed by atoms with E-state index >= 15 is 4.39 Å². The quantitative estimate of drug-likeness (QED) is 0.196. The molecular weight excluding hydrogens is 470 g/mol. The number of halogens is 1. The van der Waals surface area contributed by atoms with Gasteiger partial charge in [0.1, 0.15) is 0 Å². The van der Waals surface area contributed by atoms with Gasteiger partial charge in [0.2, 0.25) is 0 Å². The number of furan rings is 1. The molecule has 1 aliphatic rings. The number of hydrogen-bond donors (Lipinski definition) is 0. The van der Waals surface area contributed by atoms with Crippen LogP contribution in [0.15, 0.2) is 71.3 Å². The monoisotopic (exact) mass is 500 g/mol. The molecule has 0 saturated heterocycles. The predicted octanol–water partition coefficient (Wildman–Crippen LogP) is 6.66. The van der Waals surface area contributed by atoms with Gasteiger partial charge < -0.3 is 0 Å². The first-order valence-electron chi connectivity index (χ1n) is 12.3. The fourth-order valence-corrected chi connectivity index (χ4v) is 9.94. The van der Waals surface area contributed by atoms with Crippen molar-refractivity contribution in [1.29, 1.82) is 0 Å². The van der Waals surface area contributed by atoms with Crippen molar-refractivity contribution in [3.8, 4) is 22.4 Å². The van der Waals surface area contributed by atoms with E-state index in [1.807, 2.05) is 43.6 Å². The zero-order valence-electron chi connectivity index (χ0n) is 21.3. The summed E-state index contributed by atoms with van der Waals surface area (Å²) in [6, 6.07) is 19.3. The Hall–Kier alpha value is -2.92. The number of hydrogen-bond acceptors (Lipinski definition) is 1. The summed E-state index contributed by atoms with van der Waals surface area (Å²) in [5.74, 6) is 4.15. The van der Waals surface area contributed by atoms with E-state index in [1.54, 1.807) is 6.07 Å². The molecule has 2 aromatic heterocycles. The first kappa shape index (κ1) is 18.5. The Morgan fingerprint density at radius 3 is 2.52 bits per heavy atom. The summed E-state index contributed by atoms with van der Waals surface area (Å²) >= 11 is -2.55. The number of benzene rings is 3. The van der Waals surface area contributed by atoms with Gasteiger partial charge in [0.05, 0.1) is 0 Å². The van der Waals surface area contributed by atoms with Crippen molar-refractivity contribution >= 4 is 39.6 Å². The molecule has 164 valence electrons. The van der Waals surface area contributed by atoms with Gasteiger partial charge in [-0.05, 0) is 0 Å². The summed E-state index contributed by atoms with van der Waals surface area (Å²) in [6.45, 7) is 2.07. The van der Waals surface area contributed by atoms with E-state index < -0.39 is 19.6 Å². The van der Waals surface area contributed by atoms with Gasteiger partial charge in [-0.25, -0.2) is 0 Å². The number of fused-ring (bicyclic) bond motifs is 4. The normalized spacial score (nSPS) is 17.2. The maximum atomic E-state index is 15.5. The minimum absolute atomic E-state index is 0.327. The third-order valence-electron chi connectivity index (χ3n) is 7.04. The fourth-order valence-electron chi connectivity index (χ4n) is 5.17. The van der Waals surface area contributed by atoms with Crippen molar-refractivity contribution in [1.82, 2.24) is 0 Å². The molecule has 0 radical (unpaired) electrons. The minimum atomic E-state index is -2.55. The Balaban J connectivity index is 1.66. The second-order valence-electron chi connectivity index (χ2n) is 9.73. The number of pyridine rings is 1. The molecule has 0 bridgehead atoms. The molecule has 0 N–H and O–H groups in total. The SMILES string of the molecule is [2H]C1([2H])[CH2][Ge]([CH3])([CH3])[c]2cc(-c3c(F)ccc4c3oc3c(-c5cccc[n+]5C)c(C)ccc34)ccc21. The Morgan fingerprint density at radius 1 is 0.970 bits per heavy atom. The Labute approximate surface area is 198 Å². The Bertz CT molecular complexity index is 1670. The molecule has 0 atom stereocenters. The topological polar surface area (TPSA) is 17.0 Å². The summed E-state index contributed by atoms with van der Waals surface area (Å²) in [4.78, 5) is 0. The first-order valence-corrected chi connectivity index (χ1v) is 18.1. The molecule has 5 aromatic rings. The van der Waals surface area contributed by atoms with Crippen LogP contribution in [0.3, 0.4) is 0 Å². The van der Waals surface area contributed by atoms with Crippen LogP contribution in [-0.4, -0.2) is 13.3 Å². The average molecular weight is 499 g/mol. The van der Waals surface area contributed by atoms with Crippen molar-refractivity contribution in [2.45, 2.75) is 30.1 Å². The van der Waals surface area contributed by atoms with Gasteiger partial charge in [-0.2, -0.15) is 0 Å². The van der Waals surface area contributed by atoms with Crippen molar-refractivity contribution in [3.63, 3.8) is 0 Å². The fraction of sp³-hybridized carbons (Fsp3) is 0.207. The number of aromatic nitrogens is 1. The van der Waals surface area contributed by atoms with Crippen LogP contribution >= 0.6 is 0 Å². The summed E-state index contributed by atoms with van der Waals surface area (Å²) in [5.41, 5.74) is 6.41. The first-order chi connectivity index (χ1) is 16.6. The molecule has 2 nitrogen and oxygen atoms in total. The zero-order chi connectivity index (χ0) is 24.7. The van der Waals surface area contributed by atoms with Gasteiger partial charge in [0.15, 0.2) is 0 Å². The summed E-state index contributed by atoms with van der Waals surface area (Å²) in [6.07, 6.45) is 0.705. The molecule has 1 aliphatic heterocycles. The van der Waals surface area contributed by atoms with Crippen LogP contribution in [0.5, 0.6) is 0 Å². The van der Waals surface area contributed by atoms with Crippen molar-refractivity contribution in [2.75, 3.05) is 0 Å². The zero-order valence-corrected chi connectivity index (χ0v) is 21.4. The predicted molar refractivity (Wildman–Crippen MR) is 136 cm³/mol. The molecule has 6 rings (SSSR count). The average Bonchev–Trinajstić information content (AvgIpc) is 3.25. The number of nitrogens with zero attached hydrogens (tertiary/aromatic N) is 1. The van der Waals surface area contributed by atoms with E-state index in [2.05, 4.69) is 41.2 Å². The van der Waals surface area contributed by atoms with Crippen molar-refractivity contribution in [3.05, 3.63) is 83.8 Å². The standard InChI is InChI=1S/C29H27FGeNO/c1-18-8-11-21-22-12-13-23(30)27(20-10-9-19-14-15-31(2,3)24(19)17-20)29(22)33-28(21)26(18)25-7-5-6-16-32(25)4/h5-13,16-17H,14-15H2,1-4H3/q+1/i14D2. The van der Waals surface area contributed by atoms with E-state index in [1.165, 1.54) is 6.07 Å². The third-order valence-corrected chi connectivity index (χ3v) is 13.2. The van der Waals surface area contributed by atoms with E-state index in [-0.39, 0.29) is 5.82 Å². The molecule has 0 unspecified atom stereocenters. The van der Waals surface area contributed by atoms with Crippen LogP contribution in [-0.2, 0) is 13.4 Å². The molecule has 3 aromatic carbocycles. The van der Waals surface area contributed by atoms with Crippen LogP contribution in [0.25, 0.3) is 44.3 Å². The van der Waals surface area contributed by atoms with Crippen LogP contribution in [0.1, 0.15) is 13.9 Å². The molecule has 0 aliphatic carbocycles. The molecule has 0 saturated carbocycles. The van der Waals surface area contributed by atoms with Gasteiger partial charge in [0.25, 0.3) is 0 Å². The van der Waals surface area contributed by atoms with E-state index in [0.717, 1.165) is 48.7 Å². The molecule has 33 heavy (non-hydrogen) atoms. The molecule has 3 heterocycles. The second kappa shape index (κ2) is 7.29. The van der Waals surface area contributed by atoms with E-state index in [0.29, 0.717) is 16.4 Å². The Kier molecular flexibility index (Phi) is 4.09. The van der Waals surface area contributed by atoms with Crippen LogP contribution in [0.4, 0.5) is 4.39 Å². The van der Waals surface area contributed by atoms with Crippen LogP contribution in [0, 0.1) is 12.7 Å². The summed E-state index contributed by atoms with van der Waals surface area (Å²) < 4.78 is 42.2. The van der Waals surface area contributed by atoms with Gasteiger partial charge >= 0.3 is 199 Å². The third kappa shape index (κ3) is 3.09. The molecule has 0 amide bonds. The van der Waals surface area contributed by atoms with E-state index in [9.17, 15) is 0 Å². The van der Waals surface area contributed by atoms with Gasteiger partial charge in [0, 0.05) is 0 Å². The molecule has 4 heteroatoms. The van der Waals surface area contributed by atoms with Gasteiger partial charge in [-0.3, -0.25) is 0 Å². The number of rotatable bonds is 2. The van der Waals surface area contributed by atoms with Gasteiger partial charge in [-0.15, -0.1) is 0 Å². The van der Waals surface area contributed by atoms with Crippen molar-refractivity contribution < 1.29 is 16.1 Å². The molecular formula is C29H27FGeNO+. The van der Waals surface area contributed by atoms with Crippen LogP contribution in [0.2, 0.25) is 16.8 Å². The van der Waals surface area contributed by atoms with Gasteiger partial charge in [-0.1, -0.05) is 0 Å². The van der Waals surface area contributed by atoms with E-state index in [4.69, 9.17) is 7.16 Å². The van der Waals surface area contributed by atoms with Crippen LogP contribution < -0.4 is 8.96 Å². The summed E-state index contributed by atoms with van der Waals surface area (Å²) in [7, 11) is 2.01. The van der Waals surface area contributed by atoms with Crippen molar-refractivity contribution in [2.24, 2.45) is 7.05 Å². The Morgan fingerprint density at radius 2 is 1.73 bits per heavy atom. The maximum absolute atomic E-state index is 15.5. The molecule has 0 fully saturated rings. The second-order valence-corrected chi connectivity index (χ2v) is 19.5. The molecule has 0 spiro atoms. The number of aryl methyl sites for hydroxylation is 3. The summed E-state index contributed by atoms with van der Waals surface area (Å²) in [5, 5.41) is 2.44.